The lowest BCUT2D eigenvalue weighted by atomic mass is 9.97. The number of nitrogens with zero attached hydrogens (tertiary/aromatic N) is 4. The predicted octanol–water partition coefficient (Wildman–Crippen LogP) is 10.5. The van der Waals surface area contributed by atoms with Gasteiger partial charge in [-0.2, -0.15) is 0 Å². The van der Waals surface area contributed by atoms with Crippen molar-refractivity contribution in [1.29, 1.82) is 0 Å². The molecule has 0 radical (unpaired) electrons. The Morgan fingerprint density at radius 2 is 1.20 bits per heavy atom. The number of carbonyl (C=O) groups is 2. The molecule has 1 aliphatic heterocycles. The van der Waals surface area contributed by atoms with Gasteiger partial charge in [-0.1, -0.05) is 104 Å². The van der Waals surface area contributed by atoms with Crippen LogP contribution in [-0.2, 0) is 0 Å². The molecule has 9 rings (SSSR count). The molecule has 0 atom stereocenters. The van der Waals surface area contributed by atoms with Crippen molar-refractivity contribution in [3.63, 3.8) is 0 Å². The standard InChI is InChI=1S/C44H26N4O2/c1-45-41-21-11-18-36(46-41)31-23-25-39-35(27-31)32-16-8-9-19-37(32)47(39)40-20-10-17-33-42(40)44(50)48(43(33)49)38-24-22-30(28-12-4-2-5-13-28)26-34(38)29-14-6-3-7-15-29/h2-27H. The topological polar surface area (TPSA) is 59.6 Å². The van der Waals surface area contributed by atoms with Gasteiger partial charge in [0.1, 0.15) is 0 Å². The summed E-state index contributed by atoms with van der Waals surface area (Å²) in [7, 11) is 0. The largest absolute Gasteiger partial charge is 0.361 e. The van der Waals surface area contributed by atoms with Gasteiger partial charge in [0, 0.05) is 21.9 Å². The molecule has 0 saturated heterocycles. The third-order valence-corrected chi connectivity index (χ3v) is 9.38. The van der Waals surface area contributed by atoms with Crippen molar-refractivity contribution in [3.05, 3.63) is 180 Å². The van der Waals surface area contributed by atoms with Gasteiger partial charge in [0.2, 0.25) is 0 Å². The van der Waals surface area contributed by atoms with Gasteiger partial charge in [0.25, 0.3) is 17.6 Å². The summed E-state index contributed by atoms with van der Waals surface area (Å²) in [6, 6.07) is 50.9. The lowest BCUT2D eigenvalue weighted by Crippen LogP contribution is -2.30. The van der Waals surface area contributed by atoms with E-state index in [9.17, 15) is 9.59 Å². The Bertz CT molecular complexity index is 2710. The fourth-order valence-corrected chi connectivity index (χ4v) is 7.10. The summed E-state index contributed by atoms with van der Waals surface area (Å²) in [6.07, 6.45) is 0. The number of pyridine rings is 1. The highest BCUT2D eigenvalue weighted by atomic mass is 16.2. The number of benzene rings is 6. The average molecular weight is 643 g/mol. The van der Waals surface area contributed by atoms with E-state index in [0.717, 1.165) is 49.6 Å². The van der Waals surface area contributed by atoms with E-state index in [1.54, 1.807) is 12.1 Å². The second-order valence-electron chi connectivity index (χ2n) is 12.2. The number of imide groups is 1. The molecule has 234 valence electrons. The maximum Gasteiger partial charge on any atom is 0.270 e. The molecule has 0 saturated carbocycles. The monoisotopic (exact) mass is 642 g/mol. The zero-order chi connectivity index (χ0) is 33.8. The van der Waals surface area contributed by atoms with Gasteiger partial charge in [-0.15, -0.1) is 4.98 Å². The van der Waals surface area contributed by atoms with Crippen LogP contribution in [0, 0.1) is 6.57 Å². The molecule has 0 aliphatic carbocycles. The summed E-state index contributed by atoms with van der Waals surface area (Å²) in [5.74, 6) is -0.388. The van der Waals surface area contributed by atoms with Crippen molar-refractivity contribution < 1.29 is 9.59 Å². The van der Waals surface area contributed by atoms with E-state index in [2.05, 4.69) is 32.6 Å². The lowest BCUT2D eigenvalue weighted by molar-refractivity contribution is 0.0926. The number of para-hydroxylation sites is 1. The van der Waals surface area contributed by atoms with E-state index in [1.807, 2.05) is 127 Å². The fraction of sp³-hybridized carbons (Fsp3) is 0. The summed E-state index contributed by atoms with van der Waals surface area (Å²) >= 11 is 0. The molecule has 6 nitrogen and oxygen atoms in total. The second kappa shape index (κ2) is 11.6. The van der Waals surface area contributed by atoms with Crippen LogP contribution in [0.5, 0.6) is 0 Å². The van der Waals surface area contributed by atoms with Crippen molar-refractivity contribution in [2.75, 3.05) is 4.90 Å². The quantitative estimate of drug-likeness (QED) is 0.139. The molecular weight excluding hydrogens is 617 g/mol. The van der Waals surface area contributed by atoms with Crippen LogP contribution in [0.3, 0.4) is 0 Å². The average Bonchev–Trinajstić information content (AvgIpc) is 3.65. The van der Waals surface area contributed by atoms with E-state index in [1.165, 1.54) is 4.90 Å². The number of rotatable bonds is 5. The molecule has 2 aromatic heterocycles. The van der Waals surface area contributed by atoms with Gasteiger partial charge < -0.3 is 9.41 Å². The first-order valence-electron chi connectivity index (χ1n) is 16.3. The SMILES string of the molecule is [C-]#[N+]c1cccc(-c2ccc3c(c2)c2ccccc2n3-c2cccc3c2C(=O)N(c2ccc(-c4ccccc4)cc2-c2ccccc2)C3=O)n1. The normalized spacial score (nSPS) is 12.4. The summed E-state index contributed by atoms with van der Waals surface area (Å²) in [4.78, 5) is 38.4. The highest BCUT2D eigenvalue weighted by Gasteiger charge is 2.40. The highest BCUT2D eigenvalue weighted by Crippen LogP contribution is 2.42. The number of fused-ring (bicyclic) bond motifs is 4. The third kappa shape index (κ3) is 4.53. The van der Waals surface area contributed by atoms with Crippen molar-refractivity contribution in [3.8, 4) is 39.2 Å². The molecule has 0 N–H and O–H groups in total. The Labute approximate surface area is 287 Å². The Morgan fingerprint density at radius 1 is 0.500 bits per heavy atom. The second-order valence-corrected chi connectivity index (χ2v) is 12.2. The Hall–Kier alpha value is -7.10. The first-order valence-corrected chi connectivity index (χ1v) is 16.3. The molecule has 3 heterocycles. The van der Waals surface area contributed by atoms with Crippen molar-refractivity contribution in [1.82, 2.24) is 9.55 Å². The number of aromatic nitrogens is 2. The first-order chi connectivity index (χ1) is 24.6. The Kier molecular flexibility index (Phi) is 6.72. The molecule has 0 unspecified atom stereocenters. The minimum atomic E-state index is -0.368. The van der Waals surface area contributed by atoms with Crippen molar-refractivity contribution >= 4 is 45.1 Å². The van der Waals surface area contributed by atoms with Crippen LogP contribution in [0.1, 0.15) is 20.7 Å². The van der Waals surface area contributed by atoms with Gasteiger partial charge in [0.15, 0.2) is 5.69 Å². The molecule has 0 spiro atoms. The van der Waals surface area contributed by atoms with Crippen LogP contribution in [0.4, 0.5) is 11.5 Å². The van der Waals surface area contributed by atoms with Gasteiger partial charge in [-0.05, 0) is 77.4 Å². The molecule has 6 aromatic carbocycles. The van der Waals surface area contributed by atoms with Crippen molar-refractivity contribution in [2.24, 2.45) is 0 Å². The van der Waals surface area contributed by atoms with Crippen LogP contribution in [0.25, 0.3) is 65.8 Å². The molecule has 1 aliphatic rings. The maximum absolute atomic E-state index is 14.7. The molecule has 6 heteroatoms. The smallest absolute Gasteiger partial charge is 0.270 e. The predicted molar refractivity (Wildman–Crippen MR) is 199 cm³/mol. The Morgan fingerprint density at radius 3 is 2.00 bits per heavy atom. The van der Waals surface area contributed by atoms with Crippen LogP contribution in [0.2, 0.25) is 0 Å². The maximum atomic E-state index is 14.7. The lowest BCUT2D eigenvalue weighted by Gasteiger charge is -2.20. The van der Waals surface area contributed by atoms with E-state index in [-0.39, 0.29) is 11.8 Å². The van der Waals surface area contributed by atoms with Crippen molar-refractivity contribution in [2.45, 2.75) is 0 Å². The molecule has 50 heavy (non-hydrogen) atoms. The van der Waals surface area contributed by atoms with Gasteiger partial charge in [0.05, 0.1) is 33.5 Å². The minimum Gasteiger partial charge on any atom is -0.361 e. The van der Waals surface area contributed by atoms with Crippen LogP contribution < -0.4 is 4.90 Å². The minimum absolute atomic E-state index is 0.336. The zero-order valence-electron chi connectivity index (χ0n) is 26.6. The summed E-state index contributed by atoms with van der Waals surface area (Å²) < 4.78 is 2.07. The highest BCUT2D eigenvalue weighted by molar-refractivity contribution is 6.36. The van der Waals surface area contributed by atoms with E-state index < -0.39 is 0 Å². The van der Waals surface area contributed by atoms with E-state index in [4.69, 9.17) is 6.57 Å². The zero-order valence-corrected chi connectivity index (χ0v) is 26.6. The molecule has 0 fully saturated rings. The Balaban J connectivity index is 1.21. The summed E-state index contributed by atoms with van der Waals surface area (Å²) in [6.45, 7) is 7.41. The van der Waals surface area contributed by atoms with E-state index in [0.29, 0.717) is 34.0 Å². The molecule has 0 bridgehead atoms. The van der Waals surface area contributed by atoms with Crippen LogP contribution in [0.15, 0.2) is 158 Å². The number of carbonyl (C=O) groups excluding carboxylic acids is 2. The number of hydrogen-bond donors (Lipinski definition) is 0. The summed E-state index contributed by atoms with van der Waals surface area (Å²) in [5, 5.41) is 1.97. The first kappa shape index (κ1) is 29.1. The third-order valence-electron chi connectivity index (χ3n) is 9.38. The molecule has 2 amide bonds. The number of amides is 2. The van der Waals surface area contributed by atoms with Gasteiger partial charge in [-0.3, -0.25) is 9.59 Å². The van der Waals surface area contributed by atoms with Crippen LogP contribution >= 0.6 is 0 Å². The number of anilines is 1. The van der Waals surface area contributed by atoms with E-state index >= 15 is 0 Å². The fourth-order valence-electron chi connectivity index (χ4n) is 7.10. The van der Waals surface area contributed by atoms with Gasteiger partial charge >= 0.3 is 0 Å². The summed E-state index contributed by atoms with van der Waals surface area (Å²) in [5.41, 5.74) is 9.03. The molecular formula is C44H26N4O2. The number of hydrogen-bond acceptors (Lipinski definition) is 3. The van der Waals surface area contributed by atoms with Crippen LogP contribution in [-0.4, -0.2) is 21.4 Å². The molecule has 8 aromatic rings. The van der Waals surface area contributed by atoms with Gasteiger partial charge in [-0.25, -0.2) is 4.90 Å².